The van der Waals surface area contributed by atoms with E-state index in [1.54, 1.807) is 69.3 Å². The lowest BCUT2D eigenvalue weighted by Gasteiger charge is -2.34. The largest absolute Gasteiger partial charge is 0.416 e. The fourth-order valence-electron chi connectivity index (χ4n) is 4.97. The van der Waals surface area contributed by atoms with E-state index in [0.717, 1.165) is 23.3 Å². The van der Waals surface area contributed by atoms with Crippen molar-refractivity contribution in [2.45, 2.75) is 56.9 Å². The number of anilines is 1. The Bertz CT molecular complexity index is 1860. The summed E-state index contributed by atoms with van der Waals surface area (Å²) in [7, 11) is -4.59. The topological polar surface area (TPSA) is 86.8 Å². The normalized spacial score (nSPS) is 12.4. The Morgan fingerprint density at radius 1 is 0.833 bits per heavy atom. The average molecular weight is 721 g/mol. The van der Waals surface area contributed by atoms with Crippen molar-refractivity contribution in [1.82, 2.24) is 10.2 Å². The van der Waals surface area contributed by atoms with Crippen molar-refractivity contribution in [2.75, 3.05) is 10.8 Å². The summed E-state index contributed by atoms with van der Waals surface area (Å²) in [5.41, 5.74) is 0.487. The fraction of sp³-hybridized carbons (Fsp3) is 0.257. The lowest BCUT2D eigenvalue weighted by atomic mass is 10.0. The molecule has 13 heteroatoms. The molecule has 0 radical (unpaired) electrons. The highest BCUT2D eigenvalue weighted by molar-refractivity contribution is 7.92. The number of amides is 2. The summed E-state index contributed by atoms with van der Waals surface area (Å²) in [6.07, 6.45) is -4.73. The first-order valence-corrected chi connectivity index (χ1v) is 17.1. The quantitative estimate of drug-likeness (QED) is 0.163. The van der Waals surface area contributed by atoms with E-state index in [4.69, 9.17) is 23.2 Å². The van der Waals surface area contributed by atoms with E-state index in [1.165, 1.54) is 35.2 Å². The van der Waals surface area contributed by atoms with Gasteiger partial charge < -0.3 is 10.2 Å². The van der Waals surface area contributed by atoms with Crippen molar-refractivity contribution in [3.8, 4) is 0 Å². The van der Waals surface area contributed by atoms with Crippen molar-refractivity contribution in [2.24, 2.45) is 0 Å². The van der Waals surface area contributed by atoms with E-state index < -0.39 is 46.2 Å². The monoisotopic (exact) mass is 719 g/mol. The molecule has 0 spiro atoms. The number of carbonyl (C=O) groups excluding carboxylic acids is 2. The summed E-state index contributed by atoms with van der Waals surface area (Å²) in [5.74, 6) is -1.34. The van der Waals surface area contributed by atoms with Crippen molar-refractivity contribution < 1.29 is 31.2 Å². The van der Waals surface area contributed by atoms with Gasteiger partial charge in [-0.3, -0.25) is 13.9 Å². The van der Waals surface area contributed by atoms with Crippen LogP contribution in [0, 0.1) is 6.92 Å². The second-order valence-electron chi connectivity index (χ2n) is 11.5. The van der Waals surface area contributed by atoms with Crippen molar-refractivity contribution in [3.63, 3.8) is 0 Å². The molecule has 0 aromatic heterocycles. The number of aryl methyl sites for hydroxylation is 1. The molecule has 48 heavy (non-hydrogen) atoms. The van der Waals surface area contributed by atoms with Crippen LogP contribution in [0.5, 0.6) is 0 Å². The Hall–Kier alpha value is -4.06. The van der Waals surface area contributed by atoms with Gasteiger partial charge in [-0.2, -0.15) is 13.2 Å². The maximum absolute atomic E-state index is 14.5. The van der Waals surface area contributed by atoms with Crippen LogP contribution in [0.25, 0.3) is 0 Å². The van der Waals surface area contributed by atoms with Gasteiger partial charge in [-0.1, -0.05) is 83.4 Å². The predicted octanol–water partition coefficient (Wildman–Crippen LogP) is 7.68. The van der Waals surface area contributed by atoms with Crippen LogP contribution >= 0.6 is 23.2 Å². The Balaban J connectivity index is 1.86. The van der Waals surface area contributed by atoms with E-state index in [9.17, 15) is 31.2 Å². The predicted molar refractivity (Wildman–Crippen MR) is 181 cm³/mol. The molecule has 0 aliphatic carbocycles. The maximum Gasteiger partial charge on any atom is 0.416 e. The summed E-state index contributed by atoms with van der Waals surface area (Å²) in [6, 6.07) is 21.6. The molecule has 4 rings (SSSR count). The molecule has 1 atom stereocenters. The lowest BCUT2D eigenvalue weighted by Crippen LogP contribution is -2.54. The molecule has 0 aliphatic rings. The van der Waals surface area contributed by atoms with Gasteiger partial charge in [0, 0.05) is 19.0 Å². The molecule has 0 bridgehead atoms. The number of halogens is 5. The zero-order valence-corrected chi connectivity index (χ0v) is 28.7. The van der Waals surface area contributed by atoms with Crippen LogP contribution < -0.4 is 9.62 Å². The number of alkyl halides is 3. The number of rotatable bonds is 12. The van der Waals surface area contributed by atoms with Gasteiger partial charge in [0.25, 0.3) is 10.0 Å². The minimum absolute atomic E-state index is 0.0563. The summed E-state index contributed by atoms with van der Waals surface area (Å²) in [4.78, 5) is 29.2. The minimum Gasteiger partial charge on any atom is -0.352 e. The number of hydrogen-bond donors (Lipinski definition) is 1. The Morgan fingerprint density at radius 3 is 2.10 bits per heavy atom. The molecule has 2 amide bonds. The highest BCUT2D eigenvalue weighted by Crippen LogP contribution is 2.34. The second kappa shape index (κ2) is 15.4. The van der Waals surface area contributed by atoms with Crippen LogP contribution in [0.4, 0.5) is 18.9 Å². The molecule has 0 fully saturated rings. The molecular formula is C35H34Cl2F3N3O4S. The zero-order chi connectivity index (χ0) is 35.2. The summed E-state index contributed by atoms with van der Waals surface area (Å²) in [5, 5.41) is 3.29. The van der Waals surface area contributed by atoms with Gasteiger partial charge in [-0.25, -0.2) is 8.42 Å². The first-order valence-electron chi connectivity index (χ1n) is 14.9. The standard InChI is InChI=1S/C35H34Cl2F3N3O4S/c1-23(2)41-34(45)32(19-25-8-5-4-6-9-25)42(21-26-14-17-30(36)31(37)18-26)33(44)22-43(28-11-7-10-27(20-28)35(38,39)40)48(46,47)29-15-12-24(3)13-16-29/h4-18,20,23,32H,19,21-22H2,1-3H3,(H,41,45)/t32-/m0/s1. The van der Waals surface area contributed by atoms with Gasteiger partial charge in [0.2, 0.25) is 11.8 Å². The maximum atomic E-state index is 14.5. The van der Waals surface area contributed by atoms with Crippen LogP contribution in [0.15, 0.2) is 102 Å². The number of hydrogen-bond acceptors (Lipinski definition) is 4. The van der Waals surface area contributed by atoms with Crippen LogP contribution in [0.3, 0.4) is 0 Å². The van der Waals surface area contributed by atoms with Gasteiger partial charge in [0.05, 0.1) is 26.2 Å². The first-order chi connectivity index (χ1) is 22.6. The van der Waals surface area contributed by atoms with E-state index in [1.807, 2.05) is 0 Å². The number of nitrogens with one attached hydrogen (secondary N) is 1. The van der Waals surface area contributed by atoms with Crippen LogP contribution in [0.2, 0.25) is 10.0 Å². The number of carbonyl (C=O) groups is 2. The molecule has 0 saturated heterocycles. The van der Waals surface area contributed by atoms with Gasteiger partial charge in [0.15, 0.2) is 0 Å². The van der Waals surface area contributed by atoms with E-state index in [-0.39, 0.29) is 39.6 Å². The summed E-state index contributed by atoms with van der Waals surface area (Å²) >= 11 is 12.4. The number of benzene rings is 4. The van der Waals surface area contributed by atoms with Gasteiger partial charge >= 0.3 is 6.18 Å². The highest BCUT2D eigenvalue weighted by atomic mass is 35.5. The molecule has 0 unspecified atom stereocenters. The van der Waals surface area contributed by atoms with E-state index >= 15 is 0 Å². The molecule has 4 aromatic rings. The Kier molecular flexibility index (Phi) is 11.8. The average Bonchev–Trinajstić information content (AvgIpc) is 3.03. The molecule has 0 heterocycles. The van der Waals surface area contributed by atoms with Gasteiger partial charge in [0.1, 0.15) is 12.6 Å². The van der Waals surface area contributed by atoms with Crippen LogP contribution in [0.1, 0.15) is 36.1 Å². The van der Waals surface area contributed by atoms with E-state index in [0.29, 0.717) is 15.9 Å². The third-order valence-electron chi connectivity index (χ3n) is 7.39. The number of nitrogens with zero attached hydrogens (tertiary/aromatic N) is 2. The third kappa shape index (κ3) is 9.30. The lowest BCUT2D eigenvalue weighted by molar-refractivity contribution is -0.140. The summed E-state index contributed by atoms with van der Waals surface area (Å²) < 4.78 is 70.2. The Morgan fingerprint density at radius 2 is 1.50 bits per heavy atom. The highest BCUT2D eigenvalue weighted by Gasteiger charge is 2.36. The van der Waals surface area contributed by atoms with Gasteiger partial charge in [-0.05, 0) is 74.4 Å². The molecule has 7 nitrogen and oxygen atoms in total. The molecule has 0 saturated carbocycles. The van der Waals surface area contributed by atoms with E-state index in [2.05, 4.69) is 5.32 Å². The summed E-state index contributed by atoms with van der Waals surface area (Å²) in [6.45, 7) is 4.15. The third-order valence-corrected chi connectivity index (χ3v) is 9.92. The molecule has 4 aromatic carbocycles. The first kappa shape index (κ1) is 36.8. The van der Waals surface area contributed by atoms with Crippen molar-refractivity contribution in [3.05, 3.63) is 129 Å². The smallest absolute Gasteiger partial charge is 0.352 e. The minimum atomic E-state index is -4.78. The van der Waals surface area contributed by atoms with Crippen LogP contribution in [-0.2, 0) is 38.8 Å². The van der Waals surface area contributed by atoms with Crippen molar-refractivity contribution >= 4 is 50.7 Å². The van der Waals surface area contributed by atoms with Gasteiger partial charge in [-0.15, -0.1) is 0 Å². The zero-order valence-electron chi connectivity index (χ0n) is 26.3. The second-order valence-corrected chi connectivity index (χ2v) is 14.2. The van der Waals surface area contributed by atoms with Crippen LogP contribution in [-0.4, -0.2) is 43.8 Å². The number of sulfonamides is 1. The molecule has 254 valence electrons. The Labute approximate surface area is 288 Å². The molecular weight excluding hydrogens is 686 g/mol. The van der Waals surface area contributed by atoms with Crippen molar-refractivity contribution in [1.29, 1.82) is 0 Å². The molecule has 1 N–H and O–H groups in total. The fourth-order valence-corrected chi connectivity index (χ4v) is 6.70. The SMILES string of the molecule is Cc1ccc(S(=O)(=O)N(CC(=O)N(Cc2ccc(Cl)c(Cl)c2)[C@@H](Cc2ccccc2)C(=O)NC(C)C)c2cccc(C(F)(F)F)c2)cc1. The molecule has 0 aliphatic heterocycles.